The lowest BCUT2D eigenvalue weighted by Gasteiger charge is -2.28. The van der Waals surface area contributed by atoms with Crippen LogP contribution in [0, 0.1) is 10.8 Å². The van der Waals surface area contributed by atoms with Gasteiger partial charge in [0.05, 0.1) is 19.8 Å². The van der Waals surface area contributed by atoms with Crippen LogP contribution in [-0.4, -0.2) is 32.7 Å². The van der Waals surface area contributed by atoms with E-state index in [-0.39, 0.29) is 10.8 Å². The Morgan fingerprint density at radius 2 is 1.57 bits per heavy atom. The Morgan fingerprint density at radius 1 is 1.00 bits per heavy atom. The maximum atomic E-state index is 10.6. The SMILES string of the molecule is CC(C)(CN)COCC(C)(C)COc1ccc(C=O)cc1. The number of rotatable bonds is 9. The van der Waals surface area contributed by atoms with E-state index < -0.39 is 0 Å². The van der Waals surface area contributed by atoms with Gasteiger partial charge in [-0.15, -0.1) is 0 Å². The first-order valence-corrected chi connectivity index (χ1v) is 7.24. The molecule has 0 unspecified atom stereocenters. The van der Waals surface area contributed by atoms with E-state index in [9.17, 15) is 4.79 Å². The van der Waals surface area contributed by atoms with Crippen LogP contribution in [0.2, 0.25) is 0 Å². The largest absolute Gasteiger partial charge is 0.493 e. The van der Waals surface area contributed by atoms with Gasteiger partial charge in [0.2, 0.25) is 0 Å². The van der Waals surface area contributed by atoms with Crippen LogP contribution in [0.4, 0.5) is 0 Å². The van der Waals surface area contributed by atoms with Gasteiger partial charge in [-0.25, -0.2) is 0 Å². The predicted molar refractivity (Wildman–Crippen MR) is 84.8 cm³/mol. The Labute approximate surface area is 127 Å². The van der Waals surface area contributed by atoms with Crippen LogP contribution in [-0.2, 0) is 4.74 Å². The van der Waals surface area contributed by atoms with E-state index in [1.807, 2.05) is 0 Å². The van der Waals surface area contributed by atoms with Crippen molar-refractivity contribution in [1.82, 2.24) is 0 Å². The number of hydrogen-bond acceptors (Lipinski definition) is 4. The molecule has 0 bridgehead atoms. The molecule has 1 aromatic rings. The number of ether oxygens (including phenoxy) is 2. The molecule has 21 heavy (non-hydrogen) atoms. The van der Waals surface area contributed by atoms with Crippen LogP contribution in [0.3, 0.4) is 0 Å². The topological polar surface area (TPSA) is 61.6 Å². The average molecular weight is 293 g/mol. The second-order valence-electron chi connectivity index (χ2n) is 7.00. The fourth-order valence-corrected chi connectivity index (χ4v) is 1.63. The molecule has 0 saturated heterocycles. The van der Waals surface area contributed by atoms with Crippen molar-refractivity contribution >= 4 is 6.29 Å². The Hall–Kier alpha value is -1.39. The van der Waals surface area contributed by atoms with Crippen LogP contribution in [0.15, 0.2) is 24.3 Å². The van der Waals surface area contributed by atoms with Crippen molar-refractivity contribution in [3.05, 3.63) is 29.8 Å². The first-order chi connectivity index (χ1) is 9.78. The van der Waals surface area contributed by atoms with Crippen LogP contribution in [0.25, 0.3) is 0 Å². The lowest BCUT2D eigenvalue weighted by atomic mass is 9.94. The molecule has 1 aromatic carbocycles. The third-order valence-corrected chi connectivity index (χ3v) is 3.18. The summed E-state index contributed by atoms with van der Waals surface area (Å²) >= 11 is 0. The van der Waals surface area contributed by atoms with Gasteiger partial charge in [-0.2, -0.15) is 0 Å². The molecule has 0 saturated carbocycles. The van der Waals surface area contributed by atoms with Gasteiger partial charge in [0.25, 0.3) is 0 Å². The summed E-state index contributed by atoms with van der Waals surface area (Å²) in [6.07, 6.45) is 0.820. The van der Waals surface area contributed by atoms with Gasteiger partial charge in [0.1, 0.15) is 12.0 Å². The van der Waals surface area contributed by atoms with E-state index in [1.165, 1.54) is 0 Å². The van der Waals surface area contributed by atoms with E-state index in [4.69, 9.17) is 15.2 Å². The van der Waals surface area contributed by atoms with Crippen LogP contribution < -0.4 is 10.5 Å². The molecule has 4 nitrogen and oxygen atoms in total. The molecule has 0 heterocycles. The molecule has 0 atom stereocenters. The molecular formula is C17H27NO3. The first-order valence-electron chi connectivity index (χ1n) is 7.24. The molecule has 0 radical (unpaired) electrons. The lowest BCUT2D eigenvalue weighted by molar-refractivity contribution is 0.00104. The quantitative estimate of drug-likeness (QED) is 0.711. The molecule has 0 aromatic heterocycles. The standard InChI is InChI=1S/C17H27NO3/c1-16(2,10-18)11-20-12-17(3,4)13-21-15-7-5-14(9-19)6-8-15/h5-9H,10-13,18H2,1-4H3. The first kappa shape index (κ1) is 17.7. The zero-order valence-electron chi connectivity index (χ0n) is 13.5. The molecule has 2 N–H and O–H groups in total. The number of nitrogens with two attached hydrogens (primary N) is 1. The second-order valence-corrected chi connectivity index (χ2v) is 7.00. The highest BCUT2D eigenvalue weighted by molar-refractivity contribution is 5.74. The molecule has 4 heteroatoms. The predicted octanol–water partition coefficient (Wildman–Crippen LogP) is 2.91. The fourth-order valence-electron chi connectivity index (χ4n) is 1.63. The Morgan fingerprint density at radius 3 is 2.10 bits per heavy atom. The van der Waals surface area contributed by atoms with Crippen molar-refractivity contribution in [3.63, 3.8) is 0 Å². The van der Waals surface area contributed by atoms with Gasteiger partial charge in [0.15, 0.2) is 0 Å². The molecule has 0 fully saturated rings. The van der Waals surface area contributed by atoms with Crippen molar-refractivity contribution in [2.24, 2.45) is 16.6 Å². The third kappa shape index (κ3) is 6.74. The summed E-state index contributed by atoms with van der Waals surface area (Å²) in [6, 6.07) is 7.10. The number of carbonyl (C=O) groups excluding carboxylic acids is 1. The summed E-state index contributed by atoms with van der Waals surface area (Å²) < 4.78 is 11.5. The maximum Gasteiger partial charge on any atom is 0.150 e. The monoisotopic (exact) mass is 293 g/mol. The summed E-state index contributed by atoms with van der Waals surface area (Å²) in [7, 11) is 0. The van der Waals surface area contributed by atoms with Crippen molar-refractivity contribution in [1.29, 1.82) is 0 Å². The van der Waals surface area contributed by atoms with Crippen molar-refractivity contribution in [2.45, 2.75) is 27.7 Å². The third-order valence-electron chi connectivity index (χ3n) is 3.18. The summed E-state index contributed by atoms with van der Waals surface area (Å²) in [5, 5.41) is 0. The van der Waals surface area contributed by atoms with Gasteiger partial charge >= 0.3 is 0 Å². The highest BCUT2D eigenvalue weighted by Gasteiger charge is 2.22. The highest BCUT2D eigenvalue weighted by atomic mass is 16.5. The van der Waals surface area contributed by atoms with Gasteiger partial charge in [-0.05, 0) is 30.8 Å². The number of carbonyl (C=O) groups is 1. The van der Waals surface area contributed by atoms with Crippen LogP contribution in [0.5, 0.6) is 5.75 Å². The summed E-state index contributed by atoms with van der Waals surface area (Å²) in [6.45, 7) is 10.8. The molecular weight excluding hydrogens is 266 g/mol. The summed E-state index contributed by atoms with van der Waals surface area (Å²) in [4.78, 5) is 10.6. The van der Waals surface area contributed by atoms with Crippen molar-refractivity contribution in [2.75, 3.05) is 26.4 Å². The van der Waals surface area contributed by atoms with Gasteiger partial charge in [-0.3, -0.25) is 4.79 Å². The van der Waals surface area contributed by atoms with E-state index in [2.05, 4.69) is 27.7 Å². The molecule has 1 rings (SSSR count). The van der Waals surface area contributed by atoms with E-state index >= 15 is 0 Å². The van der Waals surface area contributed by atoms with E-state index in [0.29, 0.717) is 31.9 Å². The minimum atomic E-state index is -0.0893. The average Bonchev–Trinajstić information content (AvgIpc) is 2.45. The lowest BCUT2D eigenvalue weighted by Crippen LogP contribution is -2.33. The molecule has 118 valence electrons. The minimum Gasteiger partial charge on any atom is -0.493 e. The van der Waals surface area contributed by atoms with E-state index in [0.717, 1.165) is 12.0 Å². The molecule has 0 aliphatic carbocycles. The fraction of sp³-hybridized carbons (Fsp3) is 0.588. The zero-order chi connectivity index (χ0) is 15.9. The maximum absolute atomic E-state index is 10.6. The second kappa shape index (κ2) is 7.57. The Balaban J connectivity index is 2.39. The summed E-state index contributed by atoms with van der Waals surface area (Å²) in [5.74, 6) is 0.760. The molecule has 0 amide bonds. The van der Waals surface area contributed by atoms with Crippen LogP contribution in [0.1, 0.15) is 38.1 Å². The Bertz CT molecular complexity index is 438. The van der Waals surface area contributed by atoms with Gasteiger partial charge < -0.3 is 15.2 Å². The molecule has 0 aliphatic heterocycles. The number of hydrogen-bond donors (Lipinski definition) is 1. The zero-order valence-corrected chi connectivity index (χ0v) is 13.5. The van der Waals surface area contributed by atoms with E-state index in [1.54, 1.807) is 24.3 Å². The highest BCUT2D eigenvalue weighted by Crippen LogP contribution is 2.21. The Kier molecular flexibility index (Phi) is 6.37. The summed E-state index contributed by atoms with van der Waals surface area (Å²) in [5.41, 5.74) is 6.24. The number of aldehydes is 1. The van der Waals surface area contributed by atoms with Crippen molar-refractivity contribution in [3.8, 4) is 5.75 Å². The normalized spacial score (nSPS) is 12.2. The molecule has 0 spiro atoms. The number of benzene rings is 1. The van der Waals surface area contributed by atoms with Gasteiger partial charge in [-0.1, -0.05) is 27.7 Å². The van der Waals surface area contributed by atoms with Gasteiger partial charge in [0, 0.05) is 16.4 Å². The molecule has 0 aliphatic rings. The van der Waals surface area contributed by atoms with Crippen LogP contribution >= 0.6 is 0 Å². The minimum absolute atomic E-state index is 0.00159. The smallest absolute Gasteiger partial charge is 0.150 e. The van der Waals surface area contributed by atoms with Crippen molar-refractivity contribution < 1.29 is 14.3 Å².